The van der Waals surface area contributed by atoms with Crippen LogP contribution in [0.1, 0.15) is 37.3 Å². The lowest BCUT2D eigenvalue weighted by molar-refractivity contribution is -0.135. The van der Waals surface area contributed by atoms with Gasteiger partial charge in [0.05, 0.1) is 5.69 Å². The Balaban J connectivity index is 1.58. The molecule has 0 spiro atoms. The van der Waals surface area contributed by atoms with Crippen LogP contribution in [-0.4, -0.2) is 52.3 Å². The summed E-state index contributed by atoms with van der Waals surface area (Å²) in [6, 6.07) is 9.05. The number of imide groups is 1. The van der Waals surface area contributed by atoms with E-state index in [0.29, 0.717) is 50.2 Å². The number of carbonyl (C=O) groups is 3. The first-order valence-corrected chi connectivity index (χ1v) is 11.9. The van der Waals surface area contributed by atoms with Gasteiger partial charge in [-0.25, -0.2) is 4.79 Å². The van der Waals surface area contributed by atoms with Crippen molar-refractivity contribution < 1.29 is 14.4 Å². The van der Waals surface area contributed by atoms with Gasteiger partial charge in [-0.1, -0.05) is 18.2 Å². The summed E-state index contributed by atoms with van der Waals surface area (Å²) in [5.41, 5.74) is 0.0812. The van der Waals surface area contributed by atoms with Gasteiger partial charge in [0.2, 0.25) is 5.91 Å². The number of urea groups is 1. The van der Waals surface area contributed by atoms with E-state index in [-0.39, 0.29) is 23.8 Å². The second-order valence-electron chi connectivity index (χ2n) is 8.28. The summed E-state index contributed by atoms with van der Waals surface area (Å²) in [6.45, 7) is 5.09. The van der Waals surface area contributed by atoms with Crippen molar-refractivity contribution in [3.63, 3.8) is 0 Å². The Bertz CT molecular complexity index is 1010. The Kier molecular flexibility index (Phi) is 6.41. The van der Waals surface area contributed by atoms with Gasteiger partial charge >= 0.3 is 6.03 Å². The zero-order chi connectivity index (χ0) is 22.7. The summed E-state index contributed by atoms with van der Waals surface area (Å²) in [4.78, 5) is 48.1. The molecule has 8 heteroatoms. The molecular weight excluding hydrogens is 424 g/mol. The SMILES string of the molecule is C/C=C(\C)C(=O)N1CCC([C@]2(c3ccccn3)NC(=O)N(CCc3cccs3)C2=O)CC1. The molecule has 0 aliphatic carbocycles. The lowest BCUT2D eigenvalue weighted by Crippen LogP contribution is -2.54. The number of nitrogens with one attached hydrogen (secondary N) is 1. The van der Waals surface area contributed by atoms with Crippen LogP contribution in [0.25, 0.3) is 0 Å². The van der Waals surface area contributed by atoms with Crippen LogP contribution >= 0.6 is 11.3 Å². The normalized spacial score (nSPS) is 22.4. The van der Waals surface area contributed by atoms with Crippen molar-refractivity contribution in [2.75, 3.05) is 19.6 Å². The van der Waals surface area contributed by atoms with E-state index < -0.39 is 5.54 Å². The third kappa shape index (κ3) is 3.95. The van der Waals surface area contributed by atoms with Gasteiger partial charge in [-0.15, -0.1) is 11.3 Å². The molecule has 2 aromatic rings. The van der Waals surface area contributed by atoms with Crippen LogP contribution in [0.5, 0.6) is 0 Å². The lowest BCUT2D eigenvalue weighted by Gasteiger charge is -2.40. The number of allylic oxidation sites excluding steroid dienone is 1. The van der Waals surface area contributed by atoms with E-state index in [4.69, 9.17) is 0 Å². The summed E-state index contributed by atoms with van der Waals surface area (Å²) < 4.78 is 0. The number of likely N-dealkylation sites (tertiary alicyclic amines) is 1. The average Bonchev–Trinajstić information content (AvgIpc) is 3.44. The maximum absolute atomic E-state index is 13.8. The van der Waals surface area contributed by atoms with Crippen molar-refractivity contribution in [3.8, 4) is 0 Å². The van der Waals surface area contributed by atoms with Crippen LogP contribution in [0.2, 0.25) is 0 Å². The Labute approximate surface area is 192 Å². The van der Waals surface area contributed by atoms with Crippen LogP contribution in [0, 0.1) is 5.92 Å². The Morgan fingerprint density at radius 3 is 2.66 bits per heavy atom. The molecular formula is C24H28N4O3S. The fourth-order valence-electron chi connectivity index (χ4n) is 4.62. The van der Waals surface area contributed by atoms with Crippen molar-refractivity contribution in [1.29, 1.82) is 0 Å². The van der Waals surface area contributed by atoms with E-state index >= 15 is 0 Å². The molecule has 0 bridgehead atoms. The molecule has 4 heterocycles. The lowest BCUT2D eigenvalue weighted by atomic mass is 9.75. The number of pyridine rings is 1. The summed E-state index contributed by atoms with van der Waals surface area (Å²) in [6.07, 6.45) is 5.33. The van der Waals surface area contributed by atoms with Crippen molar-refractivity contribution in [2.45, 2.75) is 38.6 Å². The molecule has 0 saturated carbocycles. The summed E-state index contributed by atoms with van der Waals surface area (Å²) in [5.74, 6) is -0.361. The van der Waals surface area contributed by atoms with Crippen LogP contribution in [0.15, 0.2) is 53.6 Å². The number of piperidine rings is 1. The molecule has 32 heavy (non-hydrogen) atoms. The number of nitrogens with zero attached hydrogens (tertiary/aromatic N) is 3. The van der Waals surface area contributed by atoms with E-state index in [0.717, 1.165) is 4.88 Å². The third-order valence-electron chi connectivity index (χ3n) is 6.53. The second-order valence-corrected chi connectivity index (χ2v) is 9.31. The van der Waals surface area contributed by atoms with Gasteiger partial charge in [0.25, 0.3) is 5.91 Å². The third-order valence-corrected chi connectivity index (χ3v) is 7.46. The zero-order valence-electron chi connectivity index (χ0n) is 18.4. The molecule has 168 valence electrons. The van der Waals surface area contributed by atoms with Gasteiger partial charge in [-0.3, -0.25) is 19.5 Å². The highest BCUT2D eigenvalue weighted by Crippen LogP contribution is 2.40. The number of amides is 4. The highest BCUT2D eigenvalue weighted by molar-refractivity contribution is 7.09. The Hall–Kier alpha value is -3.00. The molecule has 2 aliphatic rings. The second kappa shape index (κ2) is 9.24. The number of hydrogen-bond acceptors (Lipinski definition) is 5. The summed E-state index contributed by atoms with van der Waals surface area (Å²) in [7, 11) is 0. The fourth-order valence-corrected chi connectivity index (χ4v) is 5.32. The predicted octanol–water partition coefficient (Wildman–Crippen LogP) is 3.34. The number of aromatic nitrogens is 1. The van der Waals surface area contributed by atoms with E-state index in [2.05, 4.69) is 10.3 Å². The average molecular weight is 453 g/mol. The largest absolute Gasteiger partial charge is 0.339 e. The molecule has 2 saturated heterocycles. The number of carbonyl (C=O) groups excluding carboxylic acids is 3. The molecule has 1 N–H and O–H groups in total. The number of hydrogen-bond donors (Lipinski definition) is 1. The summed E-state index contributed by atoms with van der Waals surface area (Å²) >= 11 is 1.62. The molecule has 0 unspecified atom stereocenters. The first kappa shape index (κ1) is 22.2. The van der Waals surface area contributed by atoms with Crippen LogP contribution in [0.3, 0.4) is 0 Å². The quantitative estimate of drug-likeness (QED) is 0.538. The molecule has 4 amide bonds. The smallest absolute Gasteiger partial charge is 0.325 e. The van der Waals surface area contributed by atoms with Crippen LogP contribution < -0.4 is 5.32 Å². The minimum atomic E-state index is -1.20. The molecule has 2 aromatic heterocycles. The minimum absolute atomic E-state index is 0.0252. The summed E-state index contributed by atoms with van der Waals surface area (Å²) in [5, 5.41) is 5.01. The van der Waals surface area contributed by atoms with Crippen molar-refractivity contribution >= 4 is 29.2 Å². The Morgan fingerprint density at radius 1 is 1.25 bits per heavy atom. The highest BCUT2D eigenvalue weighted by atomic mass is 32.1. The van der Waals surface area contributed by atoms with Crippen molar-refractivity contribution in [2.24, 2.45) is 5.92 Å². The Morgan fingerprint density at radius 2 is 2.03 bits per heavy atom. The highest BCUT2D eigenvalue weighted by Gasteiger charge is 2.58. The number of rotatable bonds is 6. The standard InChI is InChI=1S/C24H28N4O3S/c1-3-17(2)21(29)27-13-9-18(10-14-27)24(20-8-4-5-12-25-20)22(30)28(23(31)26-24)15-11-19-7-6-16-32-19/h3-8,12,16,18H,9-11,13-15H2,1-2H3,(H,26,31)/b17-3+/t24-/m1/s1. The van der Waals surface area contributed by atoms with Crippen molar-refractivity contribution in [1.82, 2.24) is 20.1 Å². The first-order valence-electron chi connectivity index (χ1n) is 11.0. The molecule has 4 rings (SSSR count). The minimum Gasteiger partial charge on any atom is -0.339 e. The molecule has 1 atom stereocenters. The predicted molar refractivity (Wildman–Crippen MR) is 123 cm³/mol. The van der Waals surface area contributed by atoms with E-state index in [1.54, 1.807) is 23.6 Å². The van der Waals surface area contributed by atoms with Gasteiger partial charge in [0, 0.05) is 42.2 Å². The van der Waals surface area contributed by atoms with Crippen LogP contribution in [0.4, 0.5) is 4.79 Å². The van der Waals surface area contributed by atoms with E-state index in [9.17, 15) is 14.4 Å². The number of thiophene rings is 1. The maximum atomic E-state index is 13.8. The monoisotopic (exact) mass is 452 g/mol. The zero-order valence-corrected chi connectivity index (χ0v) is 19.2. The molecule has 2 fully saturated rings. The molecule has 0 aromatic carbocycles. The molecule has 0 radical (unpaired) electrons. The van der Waals surface area contributed by atoms with Crippen molar-refractivity contribution in [3.05, 3.63) is 64.1 Å². The van der Waals surface area contributed by atoms with Gasteiger partial charge in [0.1, 0.15) is 0 Å². The van der Waals surface area contributed by atoms with Gasteiger partial charge < -0.3 is 10.2 Å². The first-order chi connectivity index (χ1) is 15.5. The van der Waals surface area contributed by atoms with Gasteiger partial charge in [-0.2, -0.15) is 0 Å². The molecule has 2 aliphatic heterocycles. The van der Waals surface area contributed by atoms with Gasteiger partial charge in [-0.05, 0) is 56.7 Å². The van der Waals surface area contributed by atoms with Crippen LogP contribution in [-0.2, 0) is 21.5 Å². The molecule has 7 nitrogen and oxygen atoms in total. The maximum Gasteiger partial charge on any atom is 0.325 e. The topological polar surface area (TPSA) is 82.6 Å². The van der Waals surface area contributed by atoms with E-state index in [1.807, 2.05) is 54.5 Å². The van der Waals surface area contributed by atoms with E-state index in [1.165, 1.54) is 4.90 Å². The van der Waals surface area contributed by atoms with Gasteiger partial charge in [0.15, 0.2) is 5.54 Å². The fraction of sp³-hybridized carbons (Fsp3) is 0.417.